The zero-order valence-corrected chi connectivity index (χ0v) is 12.3. The van der Waals surface area contributed by atoms with Gasteiger partial charge in [-0.25, -0.2) is 4.39 Å². The summed E-state index contributed by atoms with van der Waals surface area (Å²) in [5, 5.41) is 9.20. The van der Waals surface area contributed by atoms with Gasteiger partial charge in [0, 0.05) is 11.8 Å². The molecule has 0 aliphatic heterocycles. The molecule has 0 amide bonds. The fraction of sp³-hybridized carbons (Fsp3) is 0.118. The summed E-state index contributed by atoms with van der Waals surface area (Å²) in [6.45, 7) is 0. The molecule has 3 nitrogen and oxygen atoms in total. The molecule has 3 aromatic rings. The van der Waals surface area contributed by atoms with Gasteiger partial charge in [0.15, 0.2) is 0 Å². The van der Waals surface area contributed by atoms with Crippen LogP contribution in [0.2, 0.25) is 0 Å². The van der Waals surface area contributed by atoms with Crippen LogP contribution in [0, 0.1) is 5.82 Å². The van der Waals surface area contributed by atoms with Gasteiger partial charge in [-0.1, -0.05) is 30.3 Å². The van der Waals surface area contributed by atoms with Crippen molar-refractivity contribution in [3.05, 3.63) is 83.4 Å². The predicted molar refractivity (Wildman–Crippen MR) is 81.9 cm³/mol. The third kappa shape index (κ3) is 3.24. The SMILES string of the molecule is Fc1ccccc1NC(c1cn[nH]c1)c1ccccc1C(F)(F)F. The number of nitrogens with one attached hydrogen (secondary N) is 2. The van der Waals surface area contributed by atoms with Crippen molar-refractivity contribution in [3.8, 4) is 0 Å². The Morgan fingerprint density at radius 2 is 1.71 bits per heavy atom. The molecule has 3 rings (SSSR count). The van der Waals surface area contributed by atoms with E-state index in [-0.39, 0.29) is 11.3 Å². The van der Waals surface area contributed by atoms with Crippen molar-refractivity contribution in [2.75, 3.05) is 5.32 Å². The summed E-state index contributed by atoms with van der Waals surface area (Å²) in [7, 11) is 0. The quantitative estimate of drug-likeness (QED) is 0.674. The van der Waals surface area contributed by atoms with Gasteiger partial charge >= 0.3 is 6.18 Å². The molecule has 0 fully saturated rings. The maximum Gasteiger partial charge on any atom is 0.416 e. The predicted octanol–water partition coefficient (Wildman–Crippen LogP) is 4.77. The molecule has 1 unspecified atom stereocenters. The van der Waals surface area contributed by atoms with Gasteiger partial charge in [0.1, 0.15) is 5.82 Å². The van der Waals surface area contributed by atoms with E-state index >= 15 is 0 Å². The molecule has 0 saturated heterocycles. The number of nitrogens with zero attached hydrogens (tertiary/aromatic N) is 1. The van der Waals surface area contributed by atoms with Crippen molar-refractivity contribution in [3.63, 3.8) is 0 Å². The zero-order chi connectivity index (χ0) is 17.2. The molecule has 1 aromatic heterocycles. The smallest absolute Gasteiger partial charge is 0.372 e. The number of hydrogen-bond donors (Lipinski definition) is 2. The standard InChI is InChI=1S/C17H13F4N3/c18-14-7-3-4-8-15(14)24-16(11-9-22-23-10-11)12-5-1-2-6-13(12)17(19,20)21/h1-10,16,24H,(H,22,23). The van der Waals surface area contributed by atoms with Crippen LogP contribution in [0.25, 0.3) is 0 Å². The molecule has 1 heterocycles. The first-order valence-electron chi connectivity index (χ1n) is 7.12. The number of halogens is 4. The average molecular weight is 335 g/mol. The summed E-state index contributed by atoms with van der Waals surface area (Å²) in [6, 6.07) is 10.1. The Morgan fingerprint density at radius 3 is 2.38 bits per heavy atom. The van der Waals surface area contributed by atoms with E-state index in [0.717, 1.165) is 6.07 Å². The number of aromatic amines is 1. The summed E-state index contributed by atoms with van der Waals surface area (Å²) < 4.78 is 54.0. The van der Waals surface area contributed by atoms with Crippen molar-refractivity contribution >= 4 is 5.69 Å². The second-order valence-corrected chi connectivity index (χ2v) is 5.17. The second kappa shape index (κ2) is 6.35. The lowest BCUT2D eigenvalue weighted by Crippen LogP contribution is -2.18. The van der Waals surface area contributed by atoms with Gasteiger partial charge in [-0.2, -0.15) is 18.3 Å². The van der Waals surface area contributed by atoms with Crippen LogP contribution in [-0.2, 0) is 6.18 Å². The van der Waals surface area contributed by atoms with Gasteiger partial charge in [0.2, 0.25) is 0 Å². The van der Waals surface area contributed by atoms with Crippen LogP contribution in [0.5, 0.6) is 0 Å². The fourth-order valence-electron chi connectivity index (χ4n) is 2.50. The number of hydrogen-bond acceptors (Lipinski definition) is 2. The summed E-state index contributed by atoms with van der Waals surface area (Å²) in [6.07, 6.45) is -1.63. The third-order valence-corrected chi connectivity index (χ3v) is 3.60. The van der Waals surface area contributed by atoms with Crippen LogP contribution < -0.4 is 5.32 Å². The van der Waals surface area contributed by atoms with E-state index in [9.17, 15) is 17.6 Å². The van der Waals surface area contributed by atoms with Crippen molar-refractivity contribution < 1.29 is 17.6 Å². The van der Waals surface area contributed by atoms with E-state index in [1.54, 1.807) is 6.07 Å². The van der Waals surface area contributed by atoms with Gasteiger partial charge in [-0.05, 0) is 23.8 Å². The fourth-order valence-corrected chi connectivity index (χ4v) is 2.50. The first-order chi connectivity index (χ1) is 11.5. The zero-order valence-electron chi connectivity index (χ0n) is 12.3. The monoisotopic (exact) mass is 335 g/mol. The van der Waals surface area contributed by atoms with Crippen molar-refractivity contribution in [1.29, 1.82) is 0 Å². The van der Waals surface area contributed by atoms with Crippen LogP contribution in [0.1, 0.15) is 22.7 Å². The molecule has 0 saturated carbocycles. The number of para-hydroxylation sites is 1. The Labute approximate surface area is 135 Å². The molecule has 0 radical (unpaired) electrons. The number of alkyl halides is 3. The summed E-state index contributed by atoms with van der Waals surface area (Å²) in [4.78, 5) is 0. The highest BCUT2D eigenvalue weighted by Gasteiger charge is 2.35. The molecule has 124 valence electrons. The number of aromatic nitrogens is 2. The molecule has 2 aromatic carbocycles. The summed E-state index contributed by atoms with van der Waals surface area (Å²) in [5.41, 5.74) is -0.203. The van der Waals surface area contributed by atoms with E-state index in [1.165, 1.54) is 48.8 Å². The molecular weight excluding hydrogens is 322 g/mol. The van der Waals surface area contributed by atoms with Gasteiger partial charge in [0.25, 0.3) is 0 Å². The van der Waals surface area contributed by atoms with Crippen molar-refractivity contribution in [2.24, 2.45) is 0 Å². The van der Waals surface area contributed by atoms with Gasteiger partial charge in [0.05, 0.1) is 23.5 Å². The maximum absolute atomic E-state index is 13.9. The van der Waals surface area contributed by atoms with Gasteiger partial charge in [-0.3, -0.25) is 5.10 Å². The highest BCUT2D eigenvalue weighted by Crippen LogP contribution is 2.37. The van der Waals surface area contributed by atoms with Gasteiger partial charge < -0.3 is 5.32 Å². The topological polar surface area (TPSA) is 40.7 Å². The van der Waals surface area contributed by atoms with Crippen molar-refractivity contribution in [2.45, 2.75) is 12.2 Å². The van der Waals surface area contributed by atoms with Crippen LogP contribution in [0.3, 0.4) is 0 Å². The molecule has 0 aliphatic rings. The van der Waals surface area contributed by atoms with E-state index in [1.807, 2.05) is 0 Å². The van der Waals surface area contributed by atoms with E-state index in [2.05, 4.69) is 15.5 Å². The summed E-state index contributed by atoms with van der Waals surface area (Å²) in [5.74, 6) is -0.546. The minimum absolute atomic E-state index is 0.00495. The Bertz CT molecular complexity index is 813. The number of H-pyrrole nitrogens is 1. The Kier molecular flexibility index (Phi) is 4.24. The Balaban J connectivity index is 2.09. The highest BCUT2D eigenvalue weighted by atomic mass is 19.4. The average Bonchev–Trinajstić information content (AvgIpc) is 3.07. The lowest BCUT2D eigenvalue weighted by Gasteiger charge is -2.23. The molecule has 0 spiro atoms. The second-order valence-electron chi connectivity index (χ2n) is 5.17. The van der Waals surface area contributed by atoms with E-state index < -0.39 is 23.6 Å². The van der Waals surface area contributed by atoms with E-state index in [0.29, 0.717) is 5.56 Å². The Hall–Kier alpha value is -2.83. The highest BCUT2D eigenvalue weighted by molar-refractivity contribution is 5.51. The maximum atomic E-state index is 13.9. The van der Waals surface area contributed by atoms with Gasteiger partial charge in [-0.15, -0.1) is 0 Å². The third-order valence-electron chi connectivity index (χ3n) is 3.60. The lowest BCUT2D eigenvalue weighted by atomic mass is 9.95. The van der Waals surface area contributed by atoms with Crippen LogP contribution in [0.4, 0.5) is 23.2 Å². The largest absolute Gasteiger partial charge is 0.416 e. The first-order valence-corrected chi connectivity index (χ1v) is 7.12. The van der Waals surface area contributed by atoms with Crippen LogP contribution in [-0.4, -0.2) is 10.2 Å². The van der Waals surface area contributed by atoms with Crippen LogP contribution >= 0.6 is 0 Å². The minimum Gasteiger partial charge on any atom is -0.372 e. The molecule has 0 bridgehead atoms. The molecule has 2 N–H and O–H groups in total. The molecule has 7 heteroatoms. The van der Waals surface area contributed by atoms with Crippen molar-refractivity contribution in [1.82, 2.24) is 10.2 Å². The number of benzene rings is 2. The Morgan fingerprint density at radius 1 is 1.00 bits per heavy atom. The van der Waals surface area contributed by atoms with Crippen LogP contribution in [0.15, 0.2) is 60.9 Å². The molecule has 1 atom stereocenters. The summed E-state index contributed by atoms with van der Waals surface area (Å²) >= 11 is 0. The molecule has 24 heavy (non-hydrogen) atoms. The number of anilines is 1. The first kappa shape index (κ1) is 16.0. The molecule has 0 aliphatic carbocycles. The molecular formula is C17H13F4N3. The lowest BCUT2D eigenvalue weighted by molar-refractivity contribution is -0.138. The minimum atomic E-state index is -4.52. The van der Waals surface area contributed by atoms with E-state index in [4.69, 9.17) is 0 Å². The number of rotatable bonds is 4. The normalized spacial score (nSPS) is 12.8.